The molecule has 100 valence electrons. The van der Waals surface area contributed by atoms with Gasteiger partial charge in [-0.2, -0.15) is 0 Å². The van der Waals surface area contributed by atoms with Gasteiger partial charge in [-0.05, 0) is 49.7 Å². The Morgan fingerprint density at radius 2 is 1.85 bits per heavy atom. The van der Waals surface area contributed by atoms with Crippen LogP contribution >= 0.6 is 0 Å². The average Bonchev–Trinajstić information content (AvgIpc) is 2.83. The minimum absolute atomic E-state index is 0.235. The Bertz CT molecular complexity index is 815. The second kappa shape index (κ2) is 4.60. The van der Waals surface area contributed by atoms with Crippen molar-refractivity contribution in [1.82, 2.24) is 0 Å². The Morgan fingerprint density at radius 3 is 2.65 bits per heavy atom. The number of hydrogen-bond acceptors (Lipinski definition) is 2. The quantitative estimate of drug-likeness (QED) is 0.644. The van der Waals surface area contributed by atoms with Crippen molar-refractivity contribution in [3.8, 4) is 0 Å². The van der Waals surface area contributed by atoms with Crippen LogP contribution in [0.15, 0.2) is 46.9 Å². The van der Waals surface area contributed by atoms with Gasteiger partial charge >= 0.3 is 0 Å². The van der Waals surface area contributed by atoms with E-state index in [1.54, 1.807) is 19.1 Å². The van der Waals surface area contributed by atoms with Crippen LogP contribution in [-0.2, 0) is 0 Å². The van der Waals surface area contributed by atoms with Gasteiger partial charge < -0.3 is 4.42 Å². The van der Waals surface area contributed by atoms with Crippen LogP contribution in [-0.4, -0.2) is 5.78 Å². The van der Waals surface area contributed by atoms with Gasteiger partial charge in [-0.1, -0.05) is 17.7 Å². The van der Waals surface area contributed by atoms with Crippen LogP contribution in [0.2, 0.25) is 0 Å². The molecule has 3 rings (SSSR count). The van der Waals surface area contributed by atoms with Gasteiger partial charge in [0.05, 0.1) is 0 Å². The molecule has 0 fully saturated rings. The van der Waals surface area contributed by atoms with Crippen LogP contribution in [0.5, 0.6) is 0 Å². The zero-order valence-corrected chi connectivity index (χ0v) is 11.2. The fourth-order valence-electron chi connectivity index (χ4n) is 2.25. The molecule has 0 bridgehead atoms. The Kier molecular flexibility index (Phi) is 2.90. The van der Waals surface area contributed by atoms with E-state index in [2.05, 4.69) is 0 Å². The van der Waals surface area contributed by atoms with E-state index in [1.165, 1.54) is 12.1 Å². The average molecular weight is 268 g/mol. The molecular weight excluding hydrogens is 255 g/mol. The third kappa shape index (κ3) is 2.11. The van der Waals surface area contributed by atoms with Crippen LogP contribution in [0.3, 0.4) is 0 Å². The molecule has 0 N–H and O–H groups in total. The molecular formula is C17H13FO2. The maximum Gasteiger partial charge on any atom is 0.228 e. The molecule has 1 aromatic heterocycles. The number of aryl methyl sites for hydroxylation is 2. The minimum Gasteiger partial charge on any atom is -0.453 e. The van der Waals surface area contributed by atoms with E-state index in [4.69, 9.17) is 4.42 Å². The largest absolute Gasteiger partial charge is 0.453 e. The highest BCUT2D eigenvalue weighted by atomic mass is 19.1. The molecule has 2 aromatic carbocycles. The fourth-order valence-corrected chi connectivity index (χ4v) is 2.25. The number of hydrogen-bond donors (Lipinski definition) is 0. The normalized spacial score (nSPS) is 10.9. The number of carbonyl (C=O) groups excluding carboxylic acids is 1. The van der Waals surface area contributed by atoms with Crippen molar-refractivity contribution < 1.29 is 13.6 Å². The summed E-state index contributed by atoms with van der Waals surface area (Å²) in [6.07, 6.45) is 0. The first kappa shape index (κ1) is 12.6. The first-order chi connectivity index (χ1) is 9.54. The molecule has 0 aliphatic heterocycles. The van der Waals surface area contributed by atoms with Crippen molar-refractivity contribution in [3.63, 3.8) is 0 Å². The topological polar surface area (TPSA) is 30.2 Å². The smallest absolute Gasteiger partial charge is 0.228 e. The maximum atomic E-state index is 13.3. The van der Waals surface area contributed by atoms with Gasteiger partial charge in [-0.15, -0.1) is 0 Å². The maximum absolute atomic E-state index is 13.3. The molecule has 0 unspecified atom stereocenters. The van der Waals surface area contributed by atoms with E-state index >= 15 is 0 Å². The summed E-state index contributed by atoms with van der Waals surface area (Å²) in [6, 6.07) is 11.6. The van der Waals surface area contributed by atoms with Crippen molar-refractivity contribution >= 4 is 16.8 Å². The Morgan fingerprint density at radius 1 is 1.05 bits per heavy atom. The van der Waals surface area contributed by atoms with E-state index in [1.807, 2.05) is 25.1 Å². The first-order valence-corrected chi connectivity index (χ1v) is 6.35. The first-order valence-electron chi connectivity index (χ1n) is 6.35. The van der Waals surface area contributed by atoms with Crippen molar-refractivity contribution in [3.05, 3.63) is 70.7 Å². The Labute approximate surface area is 115 Å². The van der Waals surface area contributed by atoms with E-state index in [9.17, 15) is 9.18 Å². The van der Waals surface area contributed by atoms with Gasteiger partial charge in [0.2, 0.25) is 5.78 Å². The molecule has 20 heavy (non-hydrogen) atoms. The van der Waals surface area contributed by atoms with Crippen LogP contribution in [0.1, 0.15) is 27.2 Å². The third-order valence-electron chi connectivity index (χ3n) is 3.34. The lowest BCUT2D eigenvalue weighted by molar-refractivity contribution is 0.101. The van der Waals surface area contributed by atoms with Crippen LogP contribution in [0.25, 0.3) is 11.0 Å². The number of carbonyl (C=O) groups is 1. The second-order valence-electron chi connectivity index (χ2n) is 4.94. The zero-order valence-electron chi connectivity index (χ0n) is 11.2. The predicted octanol–water partition coefficient (Wildman–Crippen LogP) is 4.42. The molecule has 0 aliphatic carbocycles. The molecule has 0 saturated heterocycles. The van der Waals surface area contributed by atoms with E-state index < -0.39 is 5.82 Å². The number of furan rings is 1. The summed E-state index contributed by atoms with van der Waals surface area (Å²) in [7, 11) is 0. The fraction of sp³-hybridized carbons (Fsp3) is 0.118. The number of rotatable bonds is 2. The lowest BCUT2D eigenvalue weighted by atomic mass is 10.0. The Hall–Kier alpha value is -2.42. The summed E-state index contributed by atoms with van der Waals surface area (Å²) >= 11 is 0. The number of halogens is 1. The van der Waals surface area contributed by atoms with Gasteiger partial charge in [0.1, 0.15) is 11.4 Å². The number of ketones is 1. The molecule has 0 spiro atoms. The van der Waals surface area contributed by atoms with Crippen molar-refractivity contribution in [2.75, 3.05) is 0 Å². The Balaban J connectivity index is 2.10. The lowest BCUT2D eigenvalue weighted by Crippen LogP contribution is -2.02. The summed E-state index contributed by atoms with van der Waals surface area (Å²) in [5, 5.41) is 0.877. The van der Waals surface area contributed by atoms with Crippen molar-refractivity contribution in [2.45, 2.75) is 13.8 Å². The molecule has 0 aliphatic rings. The minimum atomic E-state index is -0.425. The van der Waals surface area contributed by atoms with Crippen LogP contribution in [0, 0.1) is 19.7 Å². The lowest BCUT2D eigenvalue weighted by Gasteiger charge is -2.02. The van der Waals surface area contributed by atoms with Gasteiger partial charge in [0.15, 0.2) is 5.76 Å². The van der Waals surface area contributed by atoms with Gasteiger partial charge in [-0.3, -0.25) is 4.79 Å². The van der Waals surface area contributed by atoms with E-state index in [-0.39, 0.29) is 11.5 Å². The molecule has 0 saturated carbocycles. The SMILES string of the molecule is Cc1ccc2oc(C(=O)c3cc(F)ccc3C)cc2c1. The monoisotopic (exact) mass is 268 g/mol. The second-order valence-corrected chi connectivity index (χ2v) is 4.94. The van der Waals surface area contributed by atoms with Crippen molar-refractivity contribution in [2.24, 2.45) is 0 Å². The molecule has 0 amide bonds. The number of benzene rings is 2. The number of fused-ring (bicyclic) bond motifs is 1. The summed E-state index contributed by atoms with van der Waals surface area (Å²) < 4.78 is 18.9. The third-order valence-corrected chi connectivity index (χ3v) is 3.34. The van der Waals surface area contributed by atoms with Crippen molar-refractivity contribution in [1.29, 1.82) is 0 Å². The van der Waals surface area contributed by atoms with Gasteiger partial charge in [0.25, 0.3) is 0 Å². The van der Waals surface area contributed by atoms with E-state index in [0.29, 0.717) is 11.1 Å². The highest BCUT2D eigenvalue weighted by molar-refractivity contribution is 6.09. The van der Waals surface area contributed by atoms with Crippen LogP contribution < -0.4 is 0 Å². The summed E-state index contributed by atoms with van der Waals surface area (Å²) in [6.45, 7) is 3.75. The van der Waals surface area contributed by atoms with Crippen LogP contribution in [0.4, 0.5) is 4.39 Å². The molecule has 0 atom stereocenters. The standard InChI is InChI=1S/C17H13FO2/c1-10-3-6-15-12(7-10)8-16(20-15)17(19)14-9-13(18)5-4-11(14)2/h3-9H,1-2H3. The highest BCUT2D eigenvalue weighted by Crippen LogP contribution is 2.24. The van der Waals surface area contributed by atoms with Gasteiger partial charge in [0, 0.05) is 10.9 Å². The summed E-state index contributed by atoms with van der Waals surface area (Å²) in [5.74, 6) is -0.485. The molecule has 3 heteroatoms. The molecule has 2 nitrogen and oxygen atoms in total. The molecule has 1 heterocycles. The summed E-state index contributed by atoms with van der Waals surface area (Å²) in [4.78, 5) is 12.4. The van der Waals surface area contributed by atoms with Gasteiger partial charge in [-0.25, -0.2) is 4.39 Å². The zero-order chi connectivity index (χ0) is 14.3. The highest BCUT2D eigenvalue weighted by Gasteiger charge is 2.17. The molecule has 3 aromatic rings. The molecule has 0 radical (unpaired) electrons. The van der Waals surface area contributed by atoms with E-state index in [0.717, 1.165) is 16.5 Å². The summed E-state index contributed by atoms with van der Waals surface area (Å²) in [5.41, 5.74) is 2.82. The predicted molar refractivity (Wildman–Crippen MR) is 75.5 cm³/mol.